The summed E-state index contributed by atoms with van der Waals surface area (Å²) in [6.45, 7) is 2.42. The molecule has 0 spiro atoms. The van der Waals surface area contributed by atoms with E-state index < -0.39 is 0 Å². The molecule has 1 atom stereocenters. The highest BCUT2D eigenvalue weighted by atomic mass is 35.5. The van der Waals surface area contributed by atoms with Crippen LogP contribution in [0.25, 0.3) is 0 Å². The van der Waals surface area contributed by atoms with Crippen LogP contribution in [0.3, 0.4) is 0 Å². The number of nitrogens with zero attached hydrogens (tertiary/aromatic N) is 1. The first-order valence-electron chi connectivity index (χ1n) is 6.39. The Kier molecular flexibility index (Phi) is 4.30. The molecule has 0 radical (unpaired) electrons. The Morgan fingerprint density at radius 2 is 1.80 bits per heavy atom. The third-order valence-electron chi connectivity index (χ3n) is 3.93. The maximum Gasteiger partial charge on any atom is 0.0571 e. The second-order valence-corrected chi connectivity index (χ2v) is 5.79. The standard InChI is InChI=1S/C12H23ClN2/c13-11-6-4-10(5-7-11)9-15-8-2-1-3-12(15)14/h10-12H,1-9,14H2. The lowest BCUT2D eigenvalue weighted by molar-refractivity contribution is 0.117. The van der Waals surface area contributed by atoms with Crippen LogP contribution < -0.4 is 5.73 Å². The zero-order valence-corrected chi connectivity index (χ0v) is 10.3. The molecule has 1 aliphatic carbocycles. The monoisotopic (exact) mass is 230 g/mol. The van der Waals surface area contributed by atoms with Crippen molar-refractivity contribution < 1.29 is 0 Å². The quantitative estimate of drug-likeness (QED) is 0.739. The van der Waals surface area contributed by atoms with E-state index in [1.165, 1.54) is 58.0 Å². The predicted molar refractivity (Wildman–Crippen MR) is 65.0 cm³/mol. The molecule has 2 rings (SSSR count). The predicted octanol–water partition coefficient (Wildman–Crippen LogP) is 2.55. The Morgan fingerprint density at radius 1 is 1.07 bits per heavy atom. The molecule has 1 aliphatic heterocycles. The van der Waals surface area contributed by atoms with Crippen LogP contribution in [0.4, 0.5) is 0 Å². The maximum absolute atomic E-state index is 6.12. The summed E-state index contributed by atoms with van der Waals surface area (Å²) in [7, 11) is 0. The first kappa shape index (κ1) is 11.7. The minimum atomic E-state index is 0.326. The van der Waals surface area contributed by atoms with Gasteiger partial charge >= 0.3 is 0 Å². The number of likely N-dealkylation sites (tertiary alicyclic amines) is 1. The summed E-state index contributed by atoms with van der Waals surface area (Å²) < 4.78 is 0. The molecule has 2 nitrogen and oxygen atoms in total. The van der Waals surface area contributed by atoms with Gasteiger partial charge in [-0.2, -0.15) is 0 Å². The molecule has 1 saturated heterocycles. The largest absolute Gasteiger partial charge is 0.316 e. The van der Waals surface area contributed by atoms with Gasteiger partial charge in [0.1, 0.15) is 0 Å². The van der Waals surface area contributed by atoms with Crippen molar-refractivity contribution in [3.05, 3.63) is 0 Å². The summed E-state index contributed by atoms with van der Waals surface area (Å²) in [5.74, 6) is 0.851. The van der Waals surface area contributed by atoms with Gasteiger partial charge in [-0.05, 0) is 57.4 Å². The Morgan fingerprint density at radius 3 is 2.47 bits per heavy atom. The van der Waals surface area contributed by atoms with Gasteiger partial charge in [0.2, 0.25) is 0 Å². The van der Waals surface area contributed by atoms with Crippen LogP contribution in [0.5, 0.6) is 0 Å². The van der Waals surface area contributed by atoms with Crippen molar-refractivity contribution in [1.29, 1.82) is 0 Å². The van der Waals surface area contributed by atoms with Gasteiger partial charge in [-0.15, -0.1) is 11.6 Å². The Labute approximate surface area is 98.1 Å². The minimum Gasteiger partial charge on any atom is -0.316 e. The molecule has 1 unspecified atom stereocenters. The van der Waals surface area contributed by atoms with Gasteiger partial charge in [0.25, 0.3) is 0 Å². The van der Waals surface area contributed by atoms with Crippen LogP contribution in [0.1, 0.15) is 44.9 Å². The van der Waals surface area contributed by atoms with Crippen LogP contribution in [0, 0.1) is 5.92 Å². The number of halogens is 1. The summed E-state index contributed by atoms with van der Waals surface area (Å²) in [6, 6.07) is 0. The normalized spacial score (nSPS) is 39.2. The summed E-state index contributed by atoms with van der Waals surface area (Å²) in [5, 5.41) is 0.441. The minimum absolute atomic E-state index is 0.326. The van der Waals surface area contributed by atoms with E-state index in [1.807, 2.05) is 0 Å². The number of hydrogen-bond acceptors (Lipinski definition) is 2. The summed E-state index contributed by atoms with van der Waals surface area (Å²) >= 11 is 6.12. The van der Waals surface area contributed by atoms with E-state index in [9.17, 15) is 0 Å². The number of hydrogen-bond donors (Lipinski definition) is 1. The van der Waals surface area contributed by atoms with Crippen molar-refractivity contribution >= 4 is 11.6 Å². The van der Waals surface area contributed by atoms with E-state index in [0.717, 1.165) is 5.92 Å². The van der Waals surface area contributed by atoms with E-state index >= 15 is 0 Å². The summed E-state index contributed by atoms with van der Waals surface area (Å²) in [4.78, 5) is 2.49. The lowest BCUT2D eigenvalue weighted by Crippen LogP contribution is -2.47. The van der Waals surface area contributed by atoms with Crippen molar-refractivity contribution in [3.8, 4) is 0 Å². The second kappa shape index (κ2) is 5.51. The van der Waals surface area contributed by atoms with E-state index in [-0.39, 0.29) is 0 Å². The highest BCUT2D eigenvalue weighted by Crippen LogP contribution is 2.29. The van der Waals surface area contributed by atoms with Crippen molar-refractivity contribution in [2.24, 2.45) is 11.7 Å². The summed E-state index contributed by atoms with van der Waals surface area (Å²) in [6.07, 6.45) is 9.17. The van der Waals surface area contributed by atoms with Gasteiger partial charge in [0.05, 0.1) is 6.17 Å². The Hall–Kier alpha value is 0.210. The molecule has 15 heavy (non-hydrogen) atoms. The lowest BCUT2D eigenvalue weighted by Gasteiger charge is -2.37. The van der Waals surface area contributed by atoms with Crippen LogP contribution >= 0.6 is 11.6 Å². The smallest absolute Gasteiger partial charge is 0.0571 e. The Balaban J connectivity index is 1.75. The molecule has 0 aromatic carbocycles. The fraction of sp³-hybridized carbons (Fsp3) is 1.00. The average molecular weight is 231 g/mol. The Bertz CT molecular complexity index is 190. The molecule has 0 aromatic heterocycles. The molecule has 0 amide bonds. The molecule has 0 bridgehead atoms. The third kappa shape index (κ3) is 3.33. The zero-order chi connectivity index (χ0) is 10.7. The van der Waals surface area contributed by atoms with Gasteiger partial charge < -0.3 is 5.73 Å². The first-order valence-corrected chi connectivity index (χ1v) is 6.83. The lowest BCUT2D eigenvalue weighted by atomic mass is 9.88. The van der Waals surface area contributed by atoms with Crippen molar-refractivity contribution in [2.75, 3.05) is 13.1 Å². The number of piperidine rings is 1. The molecule has 1 heterocycles. The van der Waals surface area contributed by atoms with Gasteiger partial charge in [-0.3, -0.25) is 4.90 Å². The van der Waals surface area contributed by atoms with Gasteiger partial charge in [0, 0.05) is 11.9 Å². The highest BCUT2D eigenvalue weighted by molar-refractivity contribution is 6.20. The van der Waals surface area contributed by atoms with Crippen LogP contribution in [0.2, 0.25) is 0 Å². The van der Waals surface area contributed by atoms with Crippen LogP contribution in [-0.4, -0.2) is 29.5 Å². The molecule has 3 heteroatoms. The average Bonchev–Trinajstić information content (AvgIpc) is 2.25. The van der Waals surface area contributed by atoms with Crippen LogP contribution in [0.15, 0.2) is 0 Å². The fourth-order valence-electron chi connectivity index (χ4n) is 2.88. The molecule has 0 aromatic rings. The molecule has 2 fully saturated rings. The van der Waals surface area contributed by atoms with Gasteiger partial charge in [-0.25, -0.2) is 0 Å². The van der Waals surface area contributed by atoms with E-state index in [2.05, 4.69) is 4.90 Å². The molecular formula is C12H23ClN2. The molecule has 2 N–H and O–H groups in total. The summed E-state index contributed by atoms with van der Waals surface area (Å²) in [5.41, 5.74) is 6.12. The van der Waals surface area contributed by atoms with Crippen molar-refractivity contribution in [2.45, 2.75) is 56.5 Å². The topological polar surface area (TPSA) is 29.3 Å². The number of alkyl halides is 1. The van der Waals surface area contributed by atoms with Crippen molar-refractivity contribution in [1.82, 2.24) is 4.90 Å². The molecular weight excluding hydrogens is 208 g/mol. The number of nitrogens with two attached hydrogens (primary N) is 1. The third-order valence-corrected chi connectivity index (χ3v) is 4.37. The first-order chi connectivity index (χ1) is 7.25. The molecule has 2 aliphatic rings. The second-order valence-electron chi connectivity index (χ2n) is 5.18. The fourth-order valence-corrected chi connectivity index (χ4v) is 3.13. The van der Waals surface area contributed by atoms with E-state index in [1.54, 1.807) is 0 Å². The van der Waals surface area contributed by atoms with E-state index in [4.69, 9.17) is 17.3 Å². The van der Waals surface area contributed by atoms with Crippen LogP contribution in [-0.2, 0) is 0 Å². The van der Waals surface area contributed by atoms with Gasteiger partial charge in [-0.1, -0.05) is 0 Å². The number of rotatable bonds is 2. The van der Waals surface area contributed by atoms with Gasteiger partial charge in [0.15, 0.2) is 0 Å². The maximum atomic E-state index is 6.12. The zero-order valence-electron chi connectivity index (χ0n) is 9.50. The molecule has 1 saturated carbocycles. The van der Waals surface area contributed by atoms with Crippen molar-refractivity contribution in [3.63, 3.8) is 0 Å². The SMILES string of the molecule is NC1CCCCN1CC1CCC(Cl)CC1. The highest BCUT2D eigenvalue weighted by Gasteiger charge is 2.25. The molecule has 88 valence electrons. The van der Waals surface area contributed by atoms with E-state index in [0.29, 0.717) is 11.5 Å².